The highest BCUT2D eigenvalue weighted by Crippen LogP contribution is 2.74. The first-order valence-electron chi connectivity index (χ1n) is 24.1. The van der Waals surface area contributed by atoms with Gasteiger partial charge in [0.2, 0.25) is 0 Å². The Labute approximate surface area is 387 Å². The first kappa shape index (κ1) is 51.1. The molecule has 0 aromatic carbocycles. The van der Waals surface area contributed by atoms with E-state index in [0.29, 0.717) is 12.8 Å². The van der Waals surface area contributed by atoms with Crippen LogP contribution in [0.2, 0.25) is 0 Å². The second-order valence-electron chi connectivity index (χ2n) is 23.1. The topological polar surface area (TPSA) is 298 Å². The highest BCUT2D eigenvalue weighted by Gasteiger charge is 2.69. The molecular weight excluding hydrogens is 865 g/mol. The standard InChI is InChI=1S/C48H78O18/c1-22-39(66-42-37(59)34(56)32(54)26(64-42)19-61-40-36(58)33(55)31(53)25(18-49)63-40)35(57)38(60)41(62-22)65-30-11-12-44(4)27(45(30,5)20-50)10-13-46(6)28(44)9-8-23-24-16-43(2,3)14-15-48(24,21-51)29(52)17-47(23,46)7/h8-9,22,25-42,49-60H,10-21H2,1-7H3/t22-,25-,26+,27-,28-,29+,30+,31+,32+,33+,34-,35-,36-,37-,38-,39+,40-,41+,42+,44+,45+,46-,47-,48-/m1/s1. The molecule has 12 N–H and O–H groups in total. The Morgan fingerprint density at radius 2 is 1.27 bits per heavy atom. The van der Waals surface area contributed by atoms with E-state index in [1.54, 1.807) is 6.92 Å². The van der Waals surface area contributed by atoms with Gasteiger partial charge in [-0.1, -0.05) is 59.3 Å². The van der Waals surface area contributed by atoms with Crippen LogP contribution >= 0.6 is 0 Å². The van der Waals surface area contributed by atoms with Crippen molar-refractivity contribution < 1.29 is 89.7 Å². The van der Waals surface area contributed by atoms with E-state index in [-0.39, 0.29) is 46.7 Å². The predicted octanol–water partition coefficient (Wildman–Crippen LogP) is -0.495. The first-order valence-corrected chi connectivity index (χ1v) is 24.1. The highest BCUT2D eigenvalue weighted by molar-refractivity contribution is 5.47. The lowest BCUT2D eigenvalue weighted by Crippen LogP contribution is -2.67. The monoisotopic (exact) mass is 943 g/mol. The number of aliphatic hydroxyl groups is 12. The molecule has 3 heterocycles. The van der Waals surface area contributed by atoms with Gasteiger partial charge in [0.05, 0.1) is 44.7 Å². The minimum Gasteiger partial charge on any atom is -0.396 e. The number of allylic oxidation sites excluding steroid dienone is 3. The van der Waals surface area contributed by atoms with E-state index >= 15 is 0 Å². The van der Waals surface area contributed by atoms with Crippen LogP contribution in [-0.4, -0.2) is 192 Å². The number of fused-ring (bicyclic) bond motifs is 6. The van der Waals surface area contributed by atoms with Crippen LogP contribution in [-0.2, 0) is 28.4 Å². The summed E-state index contributed by atoms with van der Waals surface area (Å²) in [6.45, 7) is 13.6. The van der Waals surface area contributed by atoms with Crippen molar-refractivity contribution in [2.75, 3.05) is 26.4 Å². The molecule has 66 heavy (non-hydrogen) atoms. The van der Waals surface area contributed by atoms with Crippen molar-refractivity contribution in [3.8, 4) is 0 Å². The Kier molecular flexibility index (Phi) is 14.0. The van der Waals surface area contributed by atoms with Gasteiger partial charge in [-0.25, -0.2) is 0 Å². The Balaban J connectivity index is 0.954. The molecule has 3 aliphatic heterocycles. The average Bonchev–Trinajstić information content (AvgIpc) is 3.27. The summed E-state index contributed by atoms with van der Waals surface area (Å²) in [5, 5.41) is 130. The van der Waals surface area contributed by atoms with E-state index in [1.807, 2.05) is 6.92 Å². The summed E-state index contributed by atoms with van der Waals surface area (Å²) >= 11 is 0. The maximum Gasteiger partial charge on any atom is 0.187 e. The fourth-order valence-electron chi connectivity index (χ4n) is 14.5. The predicted molar refractivity (Wildman–Crippen MR) is 231 cm³/mol. The van der Waals surface area contributed by atoms with Crippen LogP contribution in [0.25, 0.3) is 0 Å². The summed E-state index contributed by atoms with van der Waals surface area (Å²) in [6, 6.07) is 0. The lowest BCUT2D eigenvalue weighted by atomic mass is 9.35. The van der Waals surface area contributed by atoms with E-state index in [9.17, 15) is 61.3 Å². The van der Waals surface area contributed by atoms with Gasteiger partial charge in [0.15, 0.2) is 18.9 Å². The largest absolute Gasteiger partial charge is 0.396 e. The third-order valence-corrected chi connectivity index (χ3v) is 18.9. The molecule has 0 radical (unpaired) electrons. The van der Waals surface area contributed by atoms with Crippen molar-refractivity contribution >= 4 is 0 Å². The Hall–Kier alpha value is -1.24. The zero-order chi connectivity index (χ0) is 48.3. The first-order chi connectivity index (χ1) is 30.9. The van der Waals surface area contributed by atoms with Gasteiger partial charge in [0, 0.05) is 16.2 Å². The van der Waals surface area contributed by atoms with Gasteiger partial charge in [-0.05, 0) is 91.9 Å². The van der Waals surface area contributed by atoms with Crippen LogP contribution in [0.15, 0.2) is 23.3 Å². The molecule has 0 aromatic rings. The average molecular weight is 943 g/mol. The minimum absolute atomic E-state index is 0.0172. The lowest BCUT2D eigenvalue weighted by Gasteiger charge is -2.70. The third-order valence-electron chi connectivity index (χ3n) is 18.9. The number of rotatable bonds is 10. The van der Waals surface area contributed by atoms with Gasteiger partial charge in [-0.15, -0.1) is 0 Å². The van der Waals surface area contributed by atoms with Crippen molar-refractivity contribution in [3.05, 3.63) is 23.3 Å². The summed E-state index contributed by atoms with van der Waals surface area (Å²) in [5.74, 6) is 0.0824. The fourth-order valence-corrected chi connectivity index (χ4v) is 14.5. The zero-order valence-corrected chi connectivity index (χ0v) is 39.4. The Morgan fingerprint density at radius 3 is 1.92 bits per heavy atom. The van der Waals surface area contributed by atoms with Gasteiger partial charge < -0.3 is 89.7 Å². The molecule has 6 fully saturated rings. The molecule has 3 saturated heterocycles. The van der Waals surface area contributed by atoms with Gasteiger partial charge in [-0.3, -0.25) is 0 Å². The Morgan fingerprint density at radius 1 is 0.652 bits per heavy atom. The van der Waals surface area contributed by atoms with E-state index in [0.717, 1.165) is 38.5 Å². The maximum absolute atomic E-state index is 12.0. The molecule has 24 atom stereocenters. The summed E-state index contributed by atoms with van der Waals surface area (Å²) in [7, 11) is 0. The minimum atomic E-state index is -1.84. The quantitative estimate of drug-likeness (QED) is 0.123. The normalized spacial score (nSPS) is 54.8. The molecular formula is C48H78O18. The van der Waals surface area contributed by atoms with Gasteiger partial charge in [0.1, 0.15) is 67.1 Å². The van der Waals surface area contributed by atoms with Crippen molar-refractivity contribution in [3.63, 3.8) is 0 Å². The molecule has 5 aliphatic carbocycles. The summed E-state index contributed by atoms with van der Waals surface area (Å²) in [6.07, 6.45) is -14.1. The van der Waals surface area contributed by atoms with Crippen LogP contribution in [0.3, 0.4) is 0 Å². The van der Waals surface area contributed by atoms with E-state index in [4.69, 9.17) is 28.4 Å². The molecule has 0 aromatic heterocycles. The second-order valence-corrected chi connectivity index (χ2v) is 23.1. The van der Waals surface area contributed by atoms with E-state index in [1.165, 1.54) is 11.1 Å². The molecule has 18 heteroatoms. The van der Waals surface area contributed by atoms with Crippen molar-refractivity contribution in [2.24, 2.45) is 44.3 Å². The van der Waals surface area contributed by atoms with Crippen LogP contribution < -0.4 is 0 Å². The molecule has 0 amide bonds. The molecule has 8 rings (SSSR count). The number of aliphatic hydroxyl groups excluding tert-OH is 12. The van der Waals surface area contributed by atoms with Crippen LogP contribution in [0.5, 0.6) is 0 Å². The summed E-state index contributed by atoms with van der Waals surface area (Å²) < 4.78 is 35.4. The molecule has 0 unspecified atom stereocenters. The van der Waals surface area contributed by atoms with Crippen LogP contribution in [0, 0.1) is 44.3 Å². The smallest absolute Gasteiger partial charge is 0.187 e. The fraction of sp³-hybridized carbons (Fsp3) is 0.917. The van der Waals surface area contributed by atoms with Crippen LogP contribution in [0.1, 0.15) is 99.8 Å². The lowest BCUT2D eigenvalue weighted by molar-refractivity contribution is -0.369. The number of ether oxygens (including phenoxy) is 6. The van der Waals surface area contributed by atoms with Crippen molar-refractivity contribution in [2.45, 2.75) is 204 Å². The summed E-state index contributed by atoms with van der Waals surface area (Å²) in [5.41, 5.74) is 0.243. The van der Waals surface area contributed by atoms with Gasteiger partial charge >= 0.3 is 0 Å². The van der Waals surface area contributed by atoms with Crippen LogP contribution in [0.4, 0.5) is 0 Å². The SMILES string of the molecule is C[C@H]1O[C@@H](O[C@H]2CC[C@@]3(C)[C@@H](CC[C@]4(C)[C@@H]3C=CC3=C5CC(C)(C)CC[C@]5(CO)[C@@H](O)C[C@]34C)[C@]2(C)CO)[C@H](O)[C@@H](O)[C@H]1O[C@@H]1O[C@@H](CO[C@@H]2O[C@H](CO)[C@H](O)[C@H](O)[C@H]2O)[C@H](O)[C@@H](O)[C@H]1O. The summed E-state index contributed by atoms with van der Waals surface area (Å²) in [4.78, 5) is 0. The van der Waals surface area contributed by atoms with Gasteiger partial charge in [-0.2, -0.15) is 0 Å². The van der Waals surface area contributed by atoms with Gasteiger partial charge in [0.25, 0.3) is 0 Å². The Bertz CT molecular complexity index is 1810. The van der Waals surface area contributed by atoms with E-state index in [2.05, 4.69) is 46.8 Å². The molecule has 3 saturated carbocycles. The third kappa shape index (κ3) is 7.84. The maximum atomic E-state index is 12.0. The highest BCUT2D eigenvalue weighted by atomic mass is 16.8. The molecule has 0 bridgehead atoms. The van der Waals surface area contributed by atoms with Crippen molar-refractivity contribution in [1.29, 1.82) is 0 Å². The molecule has 18 nitrogen and oxygen atoms in total. The van der Waals surface area contributed by atoms with Crippen molar-refractivity contribution in [1.82, 2.24) is 0 Å². The van der Waals surface area contributed by atoms with E-state index < -0.39 is 128 Å². The zero-order valence-electron chi connectivity index (χ0n) is 39.4. The number of hydrogen-bond donors (Lipinski definition) is 12. The molecule has 8 aliphatic rings. The number of hydrogen-bond acceptors (Lipinski definition) is 18. The molecule has 378 valence electrons. The second kappa shape index (κ2) is 18.1. The molecule has 0 spiro atoms.